The number of rotatable bonds is 8. The molecule has 0 heterocycles. The van der Waals surface area contributed by atoms with Crippen molar-refractivity contribution in [3.05, 3.63) is 54.1 Å². The molecule has 2 amide bonds. The zero-order valence-electron chi connectivity index (χ0n) is 15.5. The number of ether oxygens (including phenoxy) is 1. The topological polar surface area (TPSA) is 67.4 Å². The van der Waals surface area contributed by atoms with Crippen molar-refractivity contribution in [3.63, 3.8) is 0 Å². The van der Waals surface area contributed by atoms with Gasteiger partial charge in [0, 0.05) is 24.4 Å². The molecule has 2 aromatic carbocycles. The number of carbonyl (C=O) groups excluding carboxylic acids is 2. The SMILES string of the molecule is CC(=O)Nc1ccc(CC(=O)Nc2cccc(OCCC(C)C)c2)cc1. The largest absolute Gasteiger partial charge is 0.494 e. The van der Waals surface area contributed by atoms with Gasteiger partial charge >= 0.3 is 0 Å². The summed E-state index contributed by atoms with van der Waals surface area (Å²) >= 11 is 0. The van der Waals surface area contributed by atoms with Gasteiger partial charge in [-0.3, -0.25) is 9.59 Å². The molecular weight excluding hydrogens is 328 g/mol. The lowest BCUT2D eigenvalue weighted by atomic mass is 10.1. The van der Waals surface area contributed by atoms with Crippen LogP contribution in [0, 0.1) is 5.92 Å². The van der Waals surface area contributed by atoms with Crippen molar-refractivity contribution in [3.8, 4) is 5.75 Å². The number of amides is 2. The first-order chi connectivity index (χ1) is 12.4. The molecule has 0 aromatic heterocycles. The van der Waals surface area contributed by atoms with Crippen molar-refractivity contribution >= 4 is 23.2 Å². The second kappa shape index (κ2) is 9.61. The third-order valence-corrected chi connectivity index (χ3v) is 3.72. The van der Waals surface area contributed by atoms with E-state index in [0.717, 1.165) is 17.7 Å². The molecule has 0 fully saturated rings. The lowest BCUT2D eigenvalue weighted by Crippen LogP contribution is -2.14. The second-order valence-corrected chi connectivity index (χ2v) is 6.66. The third-order valence-electron chi connectivity index (χ3n) is 3.72. The summed E-state index contributed by atoms with van der Waals surface area (Å²) in [5, 5.41) is 5.59. The van der Waals surface area contributed by atoms with Crippen LogP contribution >= 0.6 is 0 Å². The molecule has 26 heavy (non-hydrogen) atoms. The highest BCUT2D eigenvalue weighted by atomic mass is 16.5. The monoisotopic (exact) mass is 354 g/mol. The Kier molecular flexibility index (Phi) is 7.21. The minimum Gasteiger partial charge on any atom is -0.494 e. The number of hydrogen-bond donors (Lipinski definition) is 2. The van der Waals surface area contributed by atoms with E-state index >= 15 is 0 Å². The fourth-order valence-corrected chi connectivity index (χ4v) is 2.38. The zero-order valence-corrected chi connectivity index (χ0v) is 15.5. The molecule has 0 aliphatic carbocycles. The molecule has 0 saturated heterocycles. The predicted octanol–water partition coefficient (Wildman–Crippen LogP) is 4.25. The molecule has 138 valence electrons. The number of carbonyl (C=O) groups is 2. The lowest BCUT2D eigenvalue weighted by molar-refractivity contribution is -0.116. The van der Waals surface area contributed by atoms with E-state index in [1.165, 1.54) is 6.92 Å². The van der Waals surface area contributed by atoms with E-state index in [1.54, 1.807) is 12.1 Å². The molecule has 5 nitrogen and oxygen atoms in total. The van der Waals surface area contributed by atoms with Crippen LogP contribution in [0.4, 0.5) is 11.4 Å². The van der Waals surface area contributed by atoms with Crippen molar-refractivity contribution in [2.45, 2.75) is 33.6 Å². The van der Waals surface area contributed by atoms with Crippen molar-refractivity contribution in [2.75, 3.05) is 17.2 Å². The van der Waals surface area contributed by atoms with Crippen molar-refractivity contribution in [1.29, 1.82) is 0 Å². The molecule has 0 bridgehead atoms. The van der Waals surface area contributed by atoms with Gasteiger partial charge in [-0.05, 0) is 42.2 Å². The summed E-state index contributed by atoms with van der Waals surface area (Å²) in [6.07, 6.45) is 1.25. The smallest absolute Gasteiger partial charge is 0.228 e. The van der Waals surface area contributed by atoms with E-state index in [1.807, 2.05) is 36.4 Å². The second-order valence-electron chi connectivity index (χ2n) is 6.66. The molecule has 0 aliphatic rings. The van der Waals surface area contributed by atoms with Gasteiger partial charge in [0.2, 0.25) is 11.8 Å². The summed E-state index contributed by atoms with van der Waals surface area (Å²) in [5.74, 6) is 1.13. The normalized spacial score (nSPS) is 10.5. The molecule has 2 N–H and O–H groups in total. The van der Waals surface area contributed by atoms with Crippen LogP contribution in [0.2, 0.25) is 0 Å². The molecule has 0 spiro atoms. The van der Waals surface area contributed by atoms with Crippen LogP contribution in [0.3, 0.4) is 0 Å². The Labute approximate surface area is 154 Å². The summed E-state index contributed by atoms with van der Waals surface area (Å²) in [6.45, 7) is 6.43. The van der Waals surface area contributed by atoms with Gasteiger partial charge in [-0.2, -0.15) is 0 Å². The summed E-state index contributed by atoms with van der Waals surface area (Å²) < 4.78 is 5.72. The molecule has 5 heteroatoms. The highest BCUT2D eigenvalue weighted by Crippen LogP contribution is 2.18. The highest BCUT2D eigenvalue weighted by molar-refractivity contribution is 5.92. The zero-order chi connectivity index (χ0) is 18.9. The van der Waals surface area contributed by atoms with Crippen LogP contribution in [0.15, 0.2) is 48.5 Å². The van der Waals surface area contributed by atoms with Gasteiger partial charge in [0.1, 0.15) is 5.75 Å². The van der Waals surface area contributed by atoms with E-state index in [-0.39, 0.29) is 18.2 Å². The van der Waals surface area contributed by atoms with Crippen molar-refractivity contribution in [1.82, 2.24) is 0 Å². The molecule has 2 aromatic rings. The molecule has 0 aliphatic heterocycles. The average molecular weight is 354 g/mol. The number of benzene rings is 2. The molecule has 0 unspecified atom stereocenters. The number of hydrogen-bond acceptors (Lipinski definition) is 3. The Balaban J connectivity index is 1.88. The van der Waals surface area contributed by atoms with Gasteiger partial charge in [0.15, 0.2) is 0 Å². The fourth-order valence-electron chi connectivity index (χ4n) is 2.38. The predicted molar refractivity (Wildman–Crippen MR) is 104 cm³/mol. The van der Waals surface area contributed by atoms with Crippen LogP contribution in [-0.2, 0) is 16.0 Å². The van der Waals surface area contributed by atoms with Gasteiger partial charge < -0.3 is 15.4 Å². The van der Waals surface area contributed by atoms with E-state index in [9.17, 15) is 9.59 Å². The first-order valence-corrected chi connectivity index (χ1v) is 8.81. The van der Waals surface area contributed by atoms with Gasteiger partial charge in [0.25, 0.3) is 0 Å². The Hall–Kier alpha value is -2.82. The molecule has 0 atom stereocenters. The maximum absolute atomic E-state index is 12.2. The van der Waals surface area contributed by atoms with E-state index in [4.69, 9.17) is 4.74 Å². The van der Waals surface area contributed by atoms with Crippen molar-refractivity contribution in [2.24, 2.45) is 5.92 Å². The minimum absolute atomic E-state index is 0.100. The maximum atomic E-state index is 12.2. The summed E-state index contributed by atoms with van der Waals surface area (Å²) in [5.41, 5.74) is 2.31. The Morgan fingerprint density at radius 1 is 1.00 bits per heavy atom. The Morgan fingerprint density at radius 3 is 2.38 bits per heavy atom. The van der Waals surface area contributed by atoms with Gasteiger partial charge in [0.05, 0.1) is 13.0 Å². The summed E-state index contributed by atoms with van der Waals surface area (Å²) in [6, 6.07) is 14.7. The Morgan fingerprint density at radius 2 is 1.73 bits per heavy atom. The van der Waals surface area contributed by atoms with Crippen molar-refractivity contribution < 1.29 is 14.3 Å². The Bertz CT molecular complexity index is 739. The maximum Gasteiger partial charge on any atom is 0.228 e. The van der Waals surface area contributed by atoms with E-state index in [0.29, 0.717) is 23.9 Å². The molecule has 0 radical (unpaired) electrons. The van der Waals surface area contributed by atoms with Crippen LogP contribution in [0.5, 0.6) is 5.75 Å². The molecule has 0 saturated carbocycles. The quantitative estimate of drug-likeness (QED) is 0.745. The van der Waals surface area contributed by atoms with Crippen LogP contribution in [0.25, 0.3) is 0 Å². The molecular formula is C21H26N2O3. The number of nitrogens with one attached hydrogen (secondary N) is 2. The van der Waals surface area contributed by atoms with Gasteiger partial charge in [-0.25, -0.2) is 0 Å². The first-order valence-electron chi connectivity index (χ1n) is 8.81. The minimum atomic E-state index is -0.119. The van der Waals surface area contributed by atoms with E-state index < -0.39 is 0 Å². The fraction of sp³-hybridized carbons (Fsp3) is 0.333. The summed E-state index contributed by atoms with van der Waals surface area (Å²) in [4.78, 5) is 23.3. The third kappa shape index (κ3) is 6.97. The molecule has 2 rings (SSSR count). The van der Waals surface area contributed by atoms with Gasteiger partial charge in [-0.1, -0.05) is 32.0 Å². The average Bonchev–Trinajstić information content (AvgIpc) is 2.56. The van der Waals surface area contributed by atoms with Gasteiger partial charge in [-0.15, -0.1) is 0 Å². The summed E-state index contributed by atoms with van der Waals surface area (Å²) in [7, 11) is 0. The highest BCUT2D eigenvalue weighted by Gasteiger charge is 2.06. The van der Waals surface area contributed by atoms with Crippen LogP contribution in [0.1, 0.15) is 32.8 Å². The standard InChI is InChI=1S/C21H26N2O3/c1-15(2)11-12-26-20-6-4-5-19(14-20)23-21(25)13-17-7-9-18(10-8-17)22-16(3)24/h4-10,14-15H,11-13H2,1-3H3,(H,22,24)(H,23,25). The number of anilines is 2. The van der Waals surface area contributed by atoms with E-state index in [2.05, 4.69) is 24.5 Å². The lowest BCUT2D eigenvalue weighted by Gasteiger charge is -2.10. The van der Waals surface area contributed by atoms with Crippen LogP contribution in [-0.4, -0.2) is 18.4 Å². The first kappa shape index (κ1) is 19.5. The van der Waals surface area contributed by atoms with Crippen LogP contribution < -0.4 is 15.4 Å².